The number of hydrogen-bond acceptors (Lipinski definition) is 4. The number of benzene rings is 1. The van der Waals surface area contributed by atoms with E-state index in [1.165, 1.54) is 24.3 Å². The summed E-state index contributed by atoms with van der Waals surface area (Å²) in [6, 6.07) is 5.62. The van der Waals surface area contributed by atoms with Crippen LogP contribution < -0.4 is 0 Å². The van der Waals surface area contributed by atoms with E-state index in [4.69, 9.17) is 4.74 Å². The molecule has 0 saturated carbocycles. The number of nitro benzene ring substituents is 1. The monoisotopic (exact) mass is 279 g/mol. The number of ether oxygens (including phenoxy) is 1. The van der Waals surface area contributed by atoms with Crippen molar-refractivity contribution in [2.45, 2.75) is 39.5 Å². The van der Waals surface area contributed by atoms with Crippen LogP contribution in [0.4, 0.5) is 5.69 Å². The molecule has 5 nitrogen and oxygen atoms in total. The highest BCUT2D eigenvalue weighted by atomic mass is 16.6. The summed E-state index contributed by atoms with van der Waals surface area (Å²) in [5.74, 6) is -0.138. The Hall–Kier alpha value is -1.91. The minimum atomic E-state index is -0.521. The van der Waals surface area contributed by atoms with E-state index in [2.05, 4.69) is 13.8 Å². The number of hydrogen-bond donors (Lipinski definition) is 0. The van der Waals surface area contributed by atoms with E-state index in [-0.39, 0.29) is 11.3 Å². The molecule has 0 aliphatic rings. The van der Waals surface area contributed by atoms with Gasteiger partial charge in [0.05, 0.1) is 17.1 Å². The second kappa shape index (κ2) is 8.30. The molecule has 1 unspecified atom stereocenters. The fraction of sp³-hybridized carbons (Fsp3) is 0.533. The highest BCUT2D eigenvalue weighted by Gasteiger charge is 2.14. The van der Waals surface area contributed by atoms with Gasteiger partial charge < -0.3 is 4.74 Å². The number of unbranched alkanes of at least 4 members (excludes halogenated alkanes) is 1. The van der Waals surface area contributed by atoms with Crippen molar-refractivity contribution in [1.29, 1.82) is 0 Å². The lowest BCUT2D eigenvalue weighted by Crippen LogP contribution is -2.14. The minimum Gasteiger partial charge on any atom is -0.462 e. The second-order valence-electron chi connectivity index (χ2n) is 4.82. The van der Waals surface area contributed by atoms with Gasteiger partial charge in [0.2, 0.25) is 0 Å². The van der Waals surface area contributed by atoms with E-state index in [1.807, 2.05) is 0 Å². The van der Waals surface area contributed by atoms with Crippen LogP contribution in [0.15, 0.2) is 24.3 Å². The molecule has 0 fully saturated rings. The molecule has 0 heterocycles. The molecule has 0 N–H and O–H groups in total. The standard InChI is InChI=1S/C15H21NO4/c1-3-5-7-12(4-2)11-20-15(17)13-8-6-9-14(10-13)16(18)19/h6,8-10,12H,3-5,7,11H2,1-2H3. The third kappa shape index (κ3) is 4.99. The van der Waals surface area contributed by atoms with Crippen LogP contribution in [0.2, 0.25) is 0 Å². The van der Waals surface area contributed by atoms with Gasteiger partial charge >= 0.3 is 5.97 Å². The van der Waals surface area contributed by atoms with Crippen molar-refractivity contribution < 1.29 is 14.5 Å². The van der Waals surface area contributed by atoms with Crippen molar-refractivity contribution in [3.63, 3.8) is 0 Å². The van der Waals surface area contributed by atoms with Crippen LogP contribution in [0.3, 0.4) is 0 Å². The first-order chi connectivity index (χ1) is 9.58. The molecule has 0 amide bonds. The molecule has 0 aliphatic heterocycles. The van der Waals surface area contributed by atoms with E-state index >= 15 is 0 Å². The van der Waals surface area contributed by atoms with Gasteiger partial charge in [-0.15, -0.1) is 0 Å². The predicted molar refractivity (Wildman–Crippen MR) is 76.7 cm³/mol. The van der Waals surface area contributed by atoms with Crippen molar-refractivity contribution in [1.82, 2.24) is 0 Å². The van der Waals surface area contributed by atoms with Crippen molar-refractivity contribution in [2.24, 2.45) is 5.92 Å². The van der Waals surface area contributed by atoms with Crippen molar-refractivity contribution in [3.8, 4) is 0 Å². The molecular formula is C15H21NO4. The summed E-state index contributed by atoms with van der Waals surface area (Å²) in [7, 11) is 0. The van der Waals surface area contributed by atoms with Gasteiger partial charge in [-0.1, -0.05) is 39.2 Å². The fourth-order valence-corrected chi connectivity index (χ4v) is 1.92. The maximum absolute atomic E-state index is 11.9. The second-order valence-corrected chi connectivity index (χ2v) is 4.82. The van der Waals surface area contributed by atoms with Gasteiger partial charge in [-0.25, -0.2) is 4.79 Å². The summed E-state index contributed by atoms with van der Waals surface area (Å²) in [5, 5.41) is 10.7. The van der Waals surface area contributed by atoms with Crippen molar-refractivity contribution >= 4 is 11.7 Å². The largest absolute Gasteiger partial charge is 0.462 e. The van der Waals surface area contributed by atoms with E-state index in [1.54, 1.807) is 0 Å². The molecule has 0 aromatic heterocycles. The molecule has 5 heteroatoms. The van der Waals surface area contributed by atoms with Gasteiger partial charge in [-0.2, -0.15) is 0 Å². The Morgan fingerprint density at radius 2 is 2.15 bits per heavy atom. The Morgan fingerprint density at radius 1 is 1.40 bits per heavy atom. The lowest BCUT2D eigenvalue weighted by Gasteiger charge is -2.14. The van der Waals surface area contributed by atoms with Gasteiger partial charge in [-0.05, 0) is 18.4 Å². The third-order valence-electron chi connectivity index (χ3n) is 3.29. The van der Waals surface area contributed by atoms with Crippen LogP contribution >= 0.6 is 0 Å². The molecule has 0 aliphatic carbocycles. The number of nitrogens with zero attached hydrogens (tertiary/aromatic N) is 1. The molecule has 1 aromatic rings. The summed E-state index contributed by atoms with van der Waals surface area (Å²) in [5.41, 5.74) is 0.127. The number of esters is 1. The summed E-state index contributed by atoms with van der Waals surface area (Å²) >= 11 is 0. The molecule has 110 valence electrons. The summed E-state index contributed by atoms with van der Waals surface area (Å²) < 4.78 is 5.25. The van der Waals surface area contributed by atoms with Crippen LogP contribution in [0.1, 0.15) is 49.9 Å². The van der Waals surface area contributed by atoms with Crippen LogP contribution in [0.25, 0.3) is 0 Å². The van der Waals surface area contributed by atoms with Gasteiger partial charge in [0, 0.05) is 12.1 Å². The molecule has 0 bridgehead atoms. The Bertz CT molecular complexity index is 459. The van der Waals surface area contributed by atoms with Gasteiger partial charge in [0.25, 0.3) is 5.69 Å². The molecule has 20 heavy (non-hydrogen) atoms. The average molecular weight is 279 g/mol. The maximum atomic E-state index is 11.9. The topological polar surface area (TPSA) is 69.4 Å². The molecule has 0 spiro atoms. The zero-order valence-electron chi connectivity index (χ0n) is 12.0. The van der Waals surface area contributed by atoms with Gasteiger partial charge in [-0.3, -0.25) is 10.1 Å². The molecule has 0 radical (unpaired) electrons. The highest BCUT2D eigenvalue weighted by Crippen LogP contribution is 2.16. The number of carbonyl (C=O) groups is 1. The number of nitro groups is 1. The summed E-state index contributed by atoms with van der Waals surface area (Å²) in [6.45, 7) is 4.57. The Kier molecular flexibility index (Phi) is 6.70. The average Bonchev–Trinajstić information content (AvgIpc) is 2.47. The Labute approximate surface area is 119 Å². The van der Waals surface area contributed by atoms with Gasteiger partial charge in [0.15, 0.2) is 0 Å². The lowest BCUT2D eigenvalue weighted by atomic mass is 10.0. The lowest BCUT2D eigenvalue weighted by molar-refractivity contribution is -0.384. The van der Waals surface area contributed by atoms with Crippen LogP contribution in [-0.2, 0) is 4.74 Å². The van der Waals surface area contributed by atoms with E-state index < -0.39 is 10.9 Å². The smallest absolute Gasteiger partial charge is 0.338 e. The molecule has 1 rings (SSSR count). The molecule has 1 aromatic carbocycles. The van der Waals surface area contributed by atoms with Crippen LogP contribution in [0, 0.1) is 16.0 Å². The zero-order valence-corrected chi connectivity index (χ0v) is 12.0. The normalized spacial score (nSPS) is 11.9. The van der Waals surface area contributed by atoms with E-state index in [9.17, 15) is 14.9 Å². The van der Waals surface area contributed by atoms with Crippen LogP contribution in [-0.4, -0.2) is 17.5 Å². The third-order valence-corrected chi connectivity index (χ3v) is 3.29. The zero-order chi connectivity index (χ0) is 15.0. The SMILES string of the molecule is CCCCC(CC)COC(=O)c1cccc([N+](=O)[O-])c1. The Balaban J connectivity index is 2.57. The summed E-state index contributed by atoms with van der Waals surface area (Å²) in [6.07, 6.45) is 4.24. The first-order valence-electron chi connectivity index (χ1n) is 7.00. The highest BCUT2D eigenvalue weighted by molar-refractivity contribution is 5.90. The van der Waals surface area contributed by atoms with Crippen molar-refractivity contribution in [2.75, 3.05) is 6.61 Å². The maximum Gasteiger partial charge on any atom is 0.338 e. The fourth-order valence-electron chi connectivity index (χ4n) is 1.92. The van der Waals surface area contributed by atoms with Crippen LogP contribution in [0.5, 0.6) is 0 Å². The Morgan fingerprint density at radius 3 is 2.75 bits per heavy atom. The molecule has 0 saturated heterocycles. The van der Waals surface area contributed by atoms with Gasteiger partial charge in [0.1, 0.15) is 0 Å². The van der Waals surface area contributed by atoms with E-state index in [0.29, 0.717) is 12.5 Å². The molecular weight excluding hydrogens is 258 g/mol. The van der Waals surface area contributed by atoms with E-state index in [0.717, 1.165) is 25.7 Å². The van der Waals surface area contributed by atoms with Crippen molar-refractivity contribution in [3.05, 3.63) is 39.9 Å². The number of rotatable bonds is 8. The minimum absolute atomic E-state index is 0.0996. The quantitative estimate of drug-likeness (QED) is 0.410. The number of non-ortho nitro benzene ring substituents is 1. The summed E-state index contributed by atoms with van der Waals surface area (Å²) in [4.78, 5) is 22.0. The first-order valence-corrected chi connectivity index (χ1v) is 7.00. The first kappa shape index (κ1) is 16.1. The predicted octanol–water partition coefficient (Wildman–Crippen LogP) is 3.97. The molecule has 1 atom stereocenters. The number of carbonyl (C=O) groups excluding carboxylic acids is 1.